The van der Waals surface area contributed by atoms with E-state index in [1.807, 2.05) is 12.1 Å². The van der Waals surface area contributed by atoms with E-state index >= 15 is 0 Å². The maximum absolute atomic E-state index is 11.4. The van der Waals surface area contributed by atoms with E-state index in [9.17, 15) is 15.0 Å². The van der Waals surface area contributed by atoms with Crippen LogP contribution in [0.1, 0.15) is 40.5 Å². The lowest BCUT2D eigenvalue weighted by Gasteiger charge is -2.36. The summed E-state index contributed by atoms with van der Waals surface area (Å²) in [6.45, 7) is 10.3. The number of hydrogen-bond donors (Lipinski definition) is 3. The first kappa shape index (κ1) is 20.6. The van der Waals surface area contributed by atoms with Crippen LogP contribution in [0.5, 0.6) is 5.75 Å². The molecule has 0 amide bonds. The molecule has 1 aromatic carbocycles. The molecule has 0 saturated heterocycles. The summed E-state index contributed by atoms with van der Waals surface area (Å²) in [7, 11) is 0. The normalized spacial score (nSPS) is 21.0. The fourth-order valence-corrected chi connectivity index (χ4v) is 4.92. The minimum absolute atomic E-state index is 0.0254. The lowest BCUT2D eigenvalue weighted by molar-refractivity contribution is -0.137. The Hall–Kier alpha value is -2.15. The number of phenols is 1. The number of aliphatic imine (C=N–C) groups is 1. The molecule has 28 heavy (non-hydrogen) atoms. The fraction of sp³-hybridized carbons (Fsp3) is 0.524. The minimum atomic E-state index is -0.874. The van der Waals surface area contributed by atoms with Crippen LogP contribution in [-0.2, 0) is 4.79 Å². The van der Waals surface area contributed by atoms with Gasteiger partial charge in [-0.1, -0.05) is 13.8 Å². The van der Waals surface area contributed by atoms with Crippen LogP contribution in [0, 0.1) is 5.41 Å². The number of thioether (sulfide) groups is 1. The molecule has 0 bridgehead atoms. The number of allylic oxidation sites excluding steroid dienone is 2. The van der Waals surface area contributed by atoms with Gasteiger partial charge in [-0.25, -0.2) is 4.79 Å². The molecule has 3 N–H and O–H groups in total. The quantitative estimate of drug-likeness (QED) is 0.613. The third kappa shape index (κ3) is 4.29. The van der Waals surface area contributed by atoms with Crippen molar-refractivity contribution in [1.82, 2.24) is 0 Å². The summed E-state index contributed by atoms with van der Waals surface area (Å²) < 4.78 is 0. The van der Waals surface area contributed by atoms with Gasteiger partial charge in [-0.2, -0.15) is 0 Å². The molecule has 3 rings (SSSR count). The Bertz CT molecular complexity index is 828. The van der Waals surface area contributed by atoms with Gasteiger partial charge in [0, 0.05) is 41.2 Å². The van der Waals surface area contributed by atoms with Crippen molar-refractivity contribution in [3.63, 3.8) is 0 Å². The molecule has 1 aliphatic heterocycles. The van der Waals surface area contributed by atoms with Crippen LogP contribution in [0.15, 0.2) is 33.8 Å². The van der Waals surface area contributed by atoms with E-state index in [1.54, 1.807) is 17.8 Å². The van der Waals surface area contributed by atoms with Gasteiger partial charge in [0.1, 0.15) is 5.75 Å². The third-order valence-electron chi connectivity index (χ3n) is 5.22. The SMILES string of the molecule is CCN(CC)c1ccc(NC2=C3SCC(C(=O)O)N=C3CC(C)(C)C2)c(O)c1. The number of hydrogen-bond acceptors (Lipinski definition) is 6. The molecule has 1 unspecified atom stereocenters. The lowest BCUT2D eigenvalue weighted by atomic mass is 9.78. The first-order chi connectivity index (χ1) is 13.2. The Morgan fingerprint density at radius 3 is 2.64 bits per heavy atom. The zero-order chi connectivity index (χ0) is 20.5. The highest BCUT2D eigenvalue weighted by Crippen LogP contribution is 2.44. The molecule has 1 heterocycles. The number of anilines is 2. The van der Waals surface area contributed by atoms with Crippen LogP contribution in [0.4, 0.5) is 11.4 Å². The molecule has 0 spiro atoms. The van der Waals surface area contributed by atoms with Crippen LogP contribution in [-0.4, -0.2) is 46.8 Å². The van der Waals surface area contributed by atoms with Crippen molar-refractivity contribution in [3.05, 3.63) is 28.8 Å². The molecule has 7 heteroatoms. The molecular weight excluding hydrogens is 374 g/mol. The highest BCUT2D eigenvalue weighted by Gasteiger charge is 2.36. The summed E-state index contributed by atoms with van der Waals surface area (Å²) in [6, 6.07) is 5.03. The van der Waals surface area contributed by atoms with Crippen molar-refractivity contribution in [2.24, 2.45) is 10.4 Å². The van der Waals surface area contributed by atoms with Gasteiger partial charge in [0.05, 0.1) is 11.4 Å². The molecule has 0 fully saturated rings. The van der Waals surface area contributed by atoms with Gasteiger partial charge in [-0.15, -0.1) is 11.8 Å². The Morgan fingerprint density at radius 2 is 2.04 bits per heavy atom. The average Bonchev–Trinajstić information content (AvgIpc) is 2.63. The second-order valence-corrected chi connectivity index (χ2v) is 9.10. The van der Waals surface area contributed by atoms with Gasteiger partial charge in [0.2, 0.25) is 0 Å². The minimum Gasteiger partial charge on any atom is -0.506 e. The molecule has 0 radical (unpaired) electrons. The average molecular weight is 404 g/mol. The molecular formula is C21H29N3O3S. The highest BCUT2D eigenvalue weighted by molar-refractivity contribution is 8.04. The summed E-state index contributed by atoms with van der Waals surface area (Å²) in [5.74, 6) is -0.225. The van der Waals surface area contributed by atoms with Crippen molar-refractivity contribution < 1.29 is 15.0 Å². The van der Waals surface area contributed by atoms with Gasteiger partial charge in [0.25, 0.3) is 0 Å². The number of carboxylic acids is 1. The number of aliphatic carboxylic acids is 1. The van der Waals surface area contributed by atoms with Gasteiger partial charge < -0.3 is 20.4 Å². The van der Waals surface area contributed by atoms with Crippen molar-refractivity contribution in [2.45, 2.75) is 46.6 Å². The second-order valence-electron chi connectivity index (χ2n) is 8.07. The van der Waals surface area contributed by atoms with E-state index in [0.717, 1.165) is 47.9 Å². The molecule has 1 aromatic rings. The lowest BCUT2D eigenvalue weighted by Crippen LogP contribution is -2.34. The standard InChI is InChI=1S/C21H29N3O3S/c1-5-24(6-2)13-7-8-14(18(25)9-13)22-15-10-21(3,4)11-16-19(15)28-12-17(23-16)20(26)27/h7-9,17,22,25H,5-6,10-12H2,1-4H3,(H,26,27). The van der Waals surface area contributed by atoms with E-state index in [1.165, 1.54) is 0 Å². The van der Waals surface area contributed by atoms with Gasteiger partial charge >= 0.3 is 5.97 Å². The number of fused-ring (bicyclic) bond motifs is 1. The number of nitrogens with zero attached hydrogens (tertiary/aromatic N) is 2. The van der Waals surface area contributed by atoms with Crippen LogP contribution >= 0.6 is 11.8 Å². The summed E-state index contributed by atoms with van der Waals surface area (Å²) >= 11 is 1.55. The monoisotopic (exact) mass is 403 g/mol. The predicted molar refractivity (Wildman–Crippen MR) is 117 cm³/mol. The zero-order valence-electron chi connectivity index (χ0n) is 17.0. The van der Waals surface area contributed by atoms with Crippen LogP contribution in [0.3, 0.4) is 0 Å². The maximum atomic E-state index is 11.4. The largest absolute Gasteiger partial charge is 0.506 e. The smallest absolute Gasteiger partial charge is 0.329 e. The van der Waals surface area contributed by atoms with E-state index < -0.39 is 12.0 Å². The molecule has 1 atom stereocenters. The summed E-state index contributed by atoms with van der Waals surface area (Å²) in [5.41, 5.74) is 3.50. The maximum Gasteiger partial charge on any atom is 0.329 e. The molecule has 152 valence electrons. The fourth-order valence-electron chi connectivity index (χ4n) is 3.79. The van der Waals surface area contributed by atoms with Crippen molar-refractivity contribution >= 4 is 34.8 Å². The number of nitrogens with one attached hydrogen (secondary N) is 1. The van der Waals surface area contributed by atoms with Crippen molar-refractivity contribution in [3.8, 4) is 5.75 Å². The molecule has 2 aliphatic rings. The summed E-state index contributed by atoms with van der Waals surface area (Å²) in [4.78, 5) is 19.1. The van der Waals surface area contributed by atoms with E-state index in [4.69, 9.17) is 0 Å². The number of benzene rings is 1. The van der Waals surface area contributed by atoms with Crippen molar-refractivity contribution in [2.75, 3.05) is 29.1 Å². The van der Waals surface area contributed by atoms with Gasteiger partial charge in [-0.3, -0.25) is 4.99 Å². The number of rotatable bonds is 6. The van der Waals surface area contributed by atoms with Crippen molar-refractivity contribution in [1.29, 1.82) is 0 Å². The Balaban J connectivity index is 1.92. The zero-order valence-corrected chi connectivity index (χ0v) is 17.8. The van der Waals surface area contributed by atoms with E-state index in [2.05, 4.69) is 42.9 Å². The van der Waals surface area contributed by atoms with Gasteiger partial charge in [-0.05, 0) is 44.2 Å². The first-order valence-electron chi connectivity index (χ1n) is 9.75. The molecule has 0 aromatic heterocycles. The van der Waals surface area contributed by atoms with Crippen LogP contribution in [0.2, 0.25) is 0 Å². The first-order valence-corrected chi connectivity index (χ1v) is 10.7. The molecule has 6 nitrogen and oxygen atoms in total. The van der Waals surface area contributed by atoms with Gasteiger partial charge in [0.15, 0.2) is 6.04 Å². The van der Waals surface area contributed by atoms with E-state index in [-0.39, 0.29) is 11.2 Å². The Labute approximate surface area is 170 Å². The van der Waals surface area contributed by atoms with E-state index in [0.29, 0.717) is 11.4 Å². The number of aromatic hydroxyl groups is 1. The molecule has 1 aliphatic carbocycles. The summed E-state index contributed by atoms with van der Waals surface area (Å²) in [6.07, 6.45) is 1.58. The number of phenolic OH excluding ortho intramolecular Hbond substituents is 1. The van der Waals surface area contributed by atoms with Crippen LogP contribution in [0.25, 0.3) is 0 Å². The predicted octanol–water partition coefficient (Wildman–Crippen LogP) is 4.32. The number of carbonyl (C=O) groups is 1. The second kappa shape index (κ2) is 8.07. The Kier molecular flexibility index (Phi) is 5.93. The highest BCUT2D eigenvalue weighted by atomic mass is 32.2. The third-order valence-corrected chi connectivity index (χ3v) is 6.47. The topological polar surface area (TPSA) is 85.2 Å². The summed E-state index contributed by atoms with van der Waals surface area (Å²) in [5, 5.41) is 23.3. The van der Waals surface area contributed by atoms with Crippen LogP contribution < -0.4 is 10.2 Å². The number of carboxylic acid groups (broad SMARTS) is 1. The molecule has 0 saturated carbocycles. The Morgan fingerprint density at radius 1 is 1.32 bits per heavy atom.